The van der Waals surface area contributed by atoms with Crippen molar-refractivity contribution in [3.8, 4) is 5.75 Å². The second-order valence-electron chi connectivity index (χ2n) is 6.57. The van der Waals surface area contributed by atoms with Crippen molar-refractivity contribution < 1.29 is 24.4 Å². The number of nitro groups is 1. The highest BCUT2D eigenvalue weighted by molar-refractivity contribution is 6.02. The Bertz CT molecular complexity index is 1200. The van der Waals surface area contributed by atoms with Crippen LogP contribution in [0.25, 0.3) is 10.9 Å². The molecule has 160 valence electrons. The minimum atomic E-state index is -0.801. The van der Waals surface area contributed by atoms with Crippen molar-refractivity contribution in [3.05, 3.63) is 69.4 Å². The lowest BCUT2D eigenvalue weighted by atomic mass is 10.1. The fourth-order valence-corrected chi connectivity index (χ4v) is 3.20. The summed E-state index contributed by atoms with van der Waals surface area (Å²) in [6.07, 6.45) is 1.42. The number of amides is 1. The zero-order valence-corrected chi connectivity index (χ0v) is 16.9. The molecule has 3 aromatic rings. The second-order valence-corrected chi connectivity index (χ2v) is 6.57. The number of non-ortho nitro benzene ring substituents is 1. The molecule has 0 fully saturated rings. The van der Waals surface area contributed by atoms with Gasteiger partial charge in [0, 0.05) is 34.3 Å². The summed E-state index contributed by atoms with van der Waals surface area (Å²) in [4.78, 5) is 34.5. The fraction of sp³-hybridized carbons (Fsp3) is 0.190. The molecule has 31 heavy (non-hydrogen) atoms. The number of nitrogens with zero attached hydrogens (tertiary/aromatic N) is 3. The predicted molar refractivity (Wildman–Crippen MR) is 113 cm³/mol. The first-order valence-corrected chi connectivity index (χ1v) is 9.37. The van der Waals surface area contributed by atoms with Crippen LogP contribution < -0.4 is 5.43 Å². The number of rotatable bonds is 7. The van der Waals surface area contributed by atoms with Crippen LogP contribution in [0.1, 0.15) is 28.5 Å². The van der Waals surface area contributed by atoms with Crippen molar-refractivity contribution in [2.24, 2.45) is 5.10 Å². The third kappa shape index (κ3) is 4.53. The molecule has 0 aliphatic heterocycles. The molecule has 10 nitrogen and oxygen atoms in total. The standard InChI is InChI=1S/C21H20N4O6/c1-3-31-20(27)12-24-13(2)17(15-6-4-5-7-18(15)24)11-22-23-21(28)16-10-14(25(29)30)8-9-19(16)26/h4-11,26H,3,12H2,1-2H3,(H,23,28)/b22-11+. The molecule has 0 unspecified atom stereocenters. The van der Waals surface area contributed by atoms with Crippen LogP contribution in [0.2, 0.25) is 0 Å². The molecular weight excluding hydrogens is 404 g/mol. The van der Waals surface area contributed by atoms with E-state index < -0.39 is 16.6 Å². The van der Waals surface area contributed by atoms with E-state index in [1.54, 1.807) is 11.5 Å². The van der Waals surface area contributed by atoms with E-state index in [-0.39, 0.29) is 30.4 Å². The molecule has 2 aromatic carbocycles. The molecule has 10 heteroatoms. The molecule has 0 spiro atoms. The van der Waals surface area contributed by atoms with Gasteiger partial charge in [-0.05, 0) is 26.0 Å². The maximum absolute atomic E-state index is 12.3. The van der Waals surface area contributed by atoms with E-state index in [0.717, 1.165) is 34.8 Å². The molecule has 1 heterocycles. The number of aromatic hydroxyl groups is 1. The Balaban J connectivity index is 1.88. The molecule has 0 radical (unpaired) electrons. The number of hydrogen-bond donors (Lipinski definition) is 2. The topological polar surface area (TPSA) is 136 Å². The highest BCUT2D eigenvalue weighted by atomic mass is 16.6. The first-order valence-electron chi connectivity index (χ1n) is 9.37. The van der Waals surface area contributed by atoms with Crippen LogP contribution in [0.4, 0.5) is 5.69 Å². The Labute approximate surface area is 176 Å². The second kappa shape index (κ2) is 9.08. The number of aromatic nitrogens is 1. The summed E-state index contributed by atoms with van der Waals surface area (Å²) in [5.74, 6) is -1.57. The lowest BCUT2D eigenvalue weighted by Crippen LogP contribution is -2.18. The summed E-state index contributed by atoms with van der Waals surface area (Å²) in [7, 11) is 0. The summed E-state index contributed by atoms with van der Waals surface area (Å²) in [6.45, 7) is 3.86. The Hall–Kier alpha value is -4.21. The van der Waals surface area contributed by atoms with Crippen LogP contribution in [0.5, 0.6) is 5.75 Å². The van der Waals surface area contributed by atoms with Gasteiger partial charge in [-0.15, -0.1) is 0 Å². The minimum absolute atomic E-state index is 0.0297. The molecule has 3 rings (SSSR count). The molecule has 1 aromatic heterocycles. The van der Waals surface area contributed by atoms with Gasteiger partial charge in [-0.3, -0.25) is 19.7 Å². The number of esters is 1. The van der Waals surface area contributed by atoms with Crippen molar-refractivity contribution >= 4 is 34.7 Å². The monoisotopic (exact) mass is 424 g/mol. The number of ether oxygens (including phenoxy) is 1. The van der Waals surface area contributed by atoms with Gasteiger partial charge in [-0.25, -0.2) is 5.43 Å². The van der Waals surface area contributed by atoms with E-state index in [0.29, 0.717) is 5.56 Å². The van der Waals surface area contributed by atoms with Crippen LogP contribution in [0.15, 0.2) is 47.6 Å². The van der Waals surface area contributed by atoms with E-state index >= 15 is 0 Å². The van der Waals surface area contributed by atoms with Crippen LogP contribution >= 0.6 is 0 Å². The number of hydrazone groups is 1. The van der Waals surface area contributed by atoms with Crippen LogP contribution in [-0.2, 0) is 16.1 Å². The number of nitrogens with one attached hydrogen (secondary N) is 1. The van der Waals surface area contributed by atoms with E-state index in [1.807, 2.05) is 31.2 Å². The smallest absolute Gasteiger partial charge is 0.325 e. The van der Waals surface area contributed by atoms with Gasteiger partial charge >= 0.3 is 5.97 Å². The van der Waals surface area contributed by atoms with E-state index in [2.05, 4.69) is 10.5 Å². The number of para-hydroxylation sites is 1. The predicted octanol–water partition coefficient (Wildman–Crippen LogP) is 2.89. The van der Waals surface area contributed by atoms with Crippen molar-refractivity contribution in [1.82, 2.24) is 9.99 Å². The summed E-state index contributed by atoms with van der Waals surface area (Å²) in [6, 6.07) is 10.5. The van der Waals surface area contributed by atoms with Gasteiger partial charge in [0.2, 0.25) is 0 Å². The molecule has 0 bridgehead atoms. The Kier molecular flexibility index (Phi) is 6.29. The van der Waals surface area contributed by atoms with Gasteiger partial charge in [0.05, 0.1) is 23.3 Å². The third-order valence-electron chi connectivity index (χ3n) is 4.67. The van der Waals surface area contributed by atoms with Crippen molar-refractivity contribution in [3.63, 3.8) is 0 Å². The first kappa shape index (κ1) is 21.5. The van der Waals surface area contributed by atoms with Crippen LogP contribution in [-0.4, -0.2) is 39.3 Å². The Morgan fingerprint density at radius 3 is 2.74 bits per heavy atom. The minimum Gasteiger partial charge on any atom is -0.507 e. The largest absolute Gasteiger partial charge is 0.507 e. The number of carbonyl (C=O) groups excluding carboxylic acids is 2. The molecule has 1 amide bonds. The highest BCUT2D eigenvalue weighted by Crippen LogP contribution is 2.25. The number of benzene rings is 2. The number of nitro benzene ring substituents is 1. The van der Waals surface area contributed by atoms with E-state index in [1.165, 1.54) is 6.21 Å². The van der Waals surface area contributed by atoms with Crippen molar-refractivity contribution in [1.29, 1.82) is 0 Å². The Morgan fingerprint density at radius 2 is 2.03 bits per heavy atom. The SMILES string of the molecule is CCOC(=O)Cn1c(C)c(/C=N/NC(=O)c2cc([N+](=O)[O-])ccc2O)c2ccccc21. The van der Waals surface area contributed by atoms with Gasteiger partial charge in [-0.2, -0.15) is 5.10 Å². The number of phenolic OH excluding ortho intramolecular Hbond substituents is 1. The molecule has 2 N–H and O–H groups in total. The molecule has 0 aliphatic carbocycles. The Morgan fingerprint density at radius 1 is 1.29 bits per heavy atom. The number of fused-ring (bicyclic) bond motifs is 1. The van der Waals surface area contributed by atoms with E-state index in [9.17, 15) is 24.8 Å². The highest BCUT2D eigenvalue weighted by Gasteiger charge is 2.17. The summed E-state index contributed by atoms with van der Waals surface area (Å²) in [5, 5.41) is 25.5. The van der Waals surface area contributed by atoms with Crippen molar-refractivity contribution in [2.45, 2.75) is 20.4 Å². The summed E-state index contributed by atoms with van der Waals surface area (Å²) >= 11 is 0. The normalized spacial score (nSPS) is 11.0. The molecule has 0 saturated carbocycles. The maximum atomic E-state index is 12.3. The summed E-state index contributed by atoms with van der Waals surface area (Å²) in [5.41, 5.74) is 3.89. The molecular formula is C21H20N4O6. The van der Waals surface area contributed by atoms with Gasteiger partial charge in [0.15, 0.2) is 0 Å². The van der Waals surface area contributed by atoms with Crippen molar-refractivity contribution in [2.75, 3.05) is 6.61 Å². The molecule has 0 aliphatic rings. The lowest BCUT2D eigenvalue weighted by Gasteiger charge is -2.07. The third-order valence-corrected chi connectivity index (χ3v) is 4.67. The quantitative estimate of drug-likeness (QED) is 0.259. The fourth-order valence-electron chi connectivity index (χ4n) is 3.20. The molecule has 0 atom stereocenters. The van der Waals surface area contributed by atoms with Gasteiger partial charge < -0.3 is 14.4 Å². The van der Waals surface area contributed by atoms with Crippen LogP contribution in [0.3, 0.4) is 0 Å². The zero-order chi connectivity index (χ0) is 22.5. The van der Waals surface area contributed by atoms with E-state index in [4.69, 9.17) is 4.74 Å². The number of phenols is 1. The summed E-state index contributed by atoms with van der Waals surface area (Å²) < 4.78 is 6.83. The van der Waals surface area contributed by atoms with Crippen LogP contribution in [0, 0.1) is 17.0 Å². The lowest BCUT2D eigenvalue weighted by molar-refractivity contribution is -0.384. The van der Waals surface area contributed by atoms with Gasteiger partial charge in [0.25, 0.3) is 11.6 Å². The maximum Gasteiger partial charge on any atom is 0.325 e. The van der Waals surface area contributed by atoms with Gasteiger partial charge in [0.1, 0.15) is 12.3 Å². The average Bonchev–Trinajstić information content (AvgIpc) is 3.00. The zero-order valence-electron chi connectivity index (χ0n) is 16.9. The van der Waals surface area contributed by atoms with Gasteiger partial charge in [-0.1, -0.05) is 18.2 Å². The first-order chi connectivity index (χ1) is 14.8. The average molecular weight is 424 g/mol. The molecule has 0 saturated heterocycles. The number of carbonyl (C=O) groups is 2. The number of hydrogen-bond acceptors (Lipinski definition) is 7.